The van der Waals surface area contributed by atoms with Crippen molar-refractivity contribution >= 4 is 30.1 Å². The molecule has 27 heavy (non-hydrogen) atoms. The van der Waals surface area contributed by atoms with Gasteiger partial charge in [0, 0.05) is 25.1 Å². The molecule has 3 aliphatic heterocycles. The number of carbonyl (C=O) groups is 3. The van der Waals surface area contributed by atoms with Crippen LogP contribution in [0.5, 0.6) is 0 Å². The third-order valence-corrected chi connectivity index (χ3v) is 5.55. The van der Waals surface area contributed by atoms with Crippen LogP contribution in [0.25, 0.3) is 0 Å². The van der Waals surface area contributed by atoms with E-state index in [0.717, 1.165) is 0 Å². The van der Waals surface area contributed by atoms with Gasteiger partial charge in [0.2, 0.25) is 11.8 Å². The molecule has 0 spiro atoms. The van der Waals surface area contributed by atoms with E-state index in [4.69, 9.17) is 0 Å². The van der Waals surface area contributed by atoms with Crippen LogP contribution in [-0.4, -0.2) is 53.0 Å². The van der Waals surface area contributed by atoms with E-state index in [2.05, 4.69) is 10.6 Å². The predicted molar refractivity (Wildman–Crippen MR) is 96.0 cm³/mol. The zero-order chi connectivity index (χ0) is 18.5. The molecule has 3 N–H and O–H groups in total. The van der Waals surface area contributed by atoms with Crippen LogP contribution in [0.4, 0.5) is 4.39 Å². The summed E-state index contributed by atoms with van der Waals surface area (Å²) in [5.41, 5.74) is -0.0170. The Hall–Kier alpha value is -2.03. The Kier molecular flexibility index (Phi) is 5.24. The second-order valence-electron chi connectivity index (χ2n) is 7.12. The number of halogens is 2. The number of benzene rings is 1. The highest BCUT2D eigenvalue weighted by atomic mass is 35.5. The SMILES string of the molecule is Cl.O=C1CCC(N2Cc3cc(C4(O)CCNCC4F)ccc3C2=O)C(=O)N1. The molecular formula is C18H21ClFN3O4. The fourth-order valence-electron chi connectivity index (χ4n) is 4.00. The lowest BCUT2D eigenvalue weighted by molar-refractivity contribution is -0.136. The smallest absolute Gasteiger partial charge is 0.255 e. The number of carbonyl (C=O) groups excluding carboxylic acids is 3. The first-order chi connectivity index (χ1) is 12.4. The molecule has 0 radical (unpaired) electrons. The summed E-state index contributed by atoms with van der Waals surface area (Å²) in [5, 5.41) is 15.9. The summed E-state index contributed by atoms with van der Waals surface area (Å²) < 4.78 is 14.3. The highest BCUT2D eigenvalue weighted by Crippen LogP contribution is 2.36. The van der Waals surface area contributed by atoms with E-state index in [1.54, 1.807) is 18.2 Å². The van der Waals surface area contributed by atoms with Gasteiger partial charge in [0.15, 0.2) is 0 Å². The minimum Gasteiger partial charge on any atom is -0.382 e. The number of alkyl halides is 1. The molecule has 0 aliphatic carbocycles. The first-order valence-corrected chi connectivity index (χ1v) is 8.75. The maximum atomic E-state index is 14.3. The first kappa shape index (κ1) is 19.7. The molecule has 2 fully saturated rings. The number of fused-ring (bicyclic) bond motifs is 1. The highest BCUT2D eigenvalue weighted by Gasteiger charge is 2.43. The Bertz CT molecular complexity index is 805. The molecule has 9 heteroatoms. The van der Waals surface area contributed by atoms with Crippen molar-refractivity contribution in [2.45, 2.75) is 43.6 Å². The fourth-order valence-corrected chi connectivity index (χ4v) is 4.00. The van der Waals surface area contributed by atoms with Gasteiger partial charge in [-0.3, -0.25) is 19.7 Å². The Labute approximate surface area is 161 Å². The Morgan fingerprint density at radius 2 is 2.04 bits per heavy atom. The maximum Gasteiger partial charge on any atom is 0.255 e. The largest absolute Gasteiger partial charge is 0.382 e. The Morgan fingerprint density at radius 3 is 2.74 bits per heavy atom. The van der Waals surface area contributed by atoms with Crippen molar-refractivity contribution in [1.82, 2.24) is 15.5 Å². The van der Waals surface area contributed by atoms with E-state index in [0.29, 0.717) is 29.7 Å². The second-order valence-corrected chi connectivity index (χ2v) is 7.12. The molecule has 1 aromatic carbocycles. The molecule has 0 saturated carbocycles. The second kappa shape index (κ2) is 7.18. The van der Waals surface area contributed by atoms with Crippen LogP contribution in [0.2, 0.25) is 0 Å². The molecule has 3 atom stereocenters. The highest BCUT2D eigenvalue weighted by molar-refractivity contribution is 6.05. The van der Waals surface area contributed by atoms with Gasteiger partial charge in [-0.25, -0.2) is 4.39 Å². The van der Waals surface area contributed by atoms with E-state index in [9.17, 15) is 23.9 Å². The molecule has 0 bridgehead atoms. The quantitative estimate of drug-likeness (QED) is 0.627. The third-order valence-electron chi connectivity index (χ3n) is 5.55. The molecule has 7 nitrogen and oxygen atoms in total. The van der Waals surface area contributed by atoms with Crippen LogP contribution < -0.4 is 10.6 Å². The number of nitrogens with one attached hydrogen (secondary N) is 2. The zero-order valence-electron chi connectivity index (χ0n) is 14.5. The van der Waals surface area contributed by atoms with Gasteiger partial charge in [0.1, 0.15) is 17.8 Å². The molecule has 2 saturated heterocycles. The number of rotatable bonds is 2. The number of hydrogen-bond acceptors (Lipinski definition) is 5. The van der Waals surface area contributed by atoms with E-state index < -0.39 is 23.7 Å². The lowest BCUT2D eigenvalue weighted by Gasteiger charge is -2.36. The molecular weight excluding hydrogens is 377 g/mol. The number of amides is 3. The van der Waals surface area contributed by atoms with Gasteiger partial charge in [0.05, 0.1) is 0 Å². The summed E-state index contributed by atoms with van der Waals surface area (Å²) in [6, 6.07) is 4.15. The molecule has 4 rings (SSSR count). The summed E-state index contributed by atoms with van der Waals surface area (Å²) >= 11 is 0. The van der Waals surface area contributed by atoms with E-state index in [-0.39, 0.29) is 50.2 Å². The summed E-state index contributed by atoms with van der Waals surface area (Å²) in [5.74, 6) is -1.08. The van der Waals surface area contributed by atoms with Gasteiger partial charge in [-0.1, -0.05) is 12.1 Å². The summed E-state index contributed by atoms with van der Waals surface area (Å²) in [7, 11) is 0. The lowest BCUT2D eigenvalue weighted by Crippen LogP contribution is -2.52. The van der Waals surface area contributed by atoms with Gasteiger partial charge in [-0.05, 0) is 36.6 Å². The number of imide groups is 1. The number of hydrogen-bond donors (Lipinski definition) is 3. The van der Waals surface area contributed by atoms with E-state index >= 15 is 0 Å². The van der Waals surface area contributed by atoms with Crippen LogP contribution in [0.1, 0.15) is 40.7 Å². The standard InChI is InChI=1S/C18H20FN3O4.ClH/c19-14-8-20-6-5-18(14,26)11-1-2-12-10(7-11)9-22(17(12)25)13-3-4-15(23)21-16(13)24;/h1-2,7,13-14,20,26H,3-6,8-9H2,(H,21,23,24);1H. The van der Waals surface area contributed by atoms with Gasteiger partial charge in [-0.15, -0.1) is 12.4 Å². The van der Waals surface area contributed by atoms with Crippen LogP contribution in [0.3, 0.4) is 0 Å². The zero-order valence-corrected chi connectivity index (χ0v) is 15.4. The number of aliphatic hydroxyl groups is 1. The van der Waals surface area contributed by atoms with E-state index in [1.807, 2.05) is 0 Å². The lowest BCUT2D eigenvalue weighted by atomic mass is 9.82. The maximum absolute atomic E-state index is 14.3. The molecule has 3 heterocycles. The summed E-state index contributed by atoms with van der Waals surface area (Å²) in [6.07, 6.45) is -0.701. The molecule has 3 unspecified atom stereocenters. The average Bonchev–Trinajstić information content (AvgIpc) is 2.94. The fraction of sp³-hybridized carbons (Fsp3) is 0.500. The first-order valence-electron chi connectivity index (χ1n) is 8.75. The number of piperidine rings is 2. The Balaban J connectivity index is 0.00000210. The van der Waals surface area contributed by atoms with Gasteiger partial charge in [0.25, 0.3) is 5.91 Å². The molecule has 3 aliphatic rings. The van der Waals surface area contributed by atoms with E-state index in [1.165, 1.54) is 4.90 Å². The van der Waals surface area contributed by atoms with Crippen molar-refractivity contribution < 1.29 is 23.9 Å². The van der Waals surface area contributed by atoms with Crippen molar-refractivity contribution in [2.24, 2.45) is 0 Å². The number of nitrogens with zero attached hydrogens (tertiary/aromatic N) is 1. The van der Waals surface area contributed by atoms with Crippen LogP contribution in [0.15, 0.2) is 18.2 Å². The van der Waals surface area contributed by atoms with Crippen molar-refractivity contribution in [3.63, 3.8) is 0 Å². The normalized spacial score (nSPS) is 30.6. The van der Waals surface area contributed by atoms with Crippen molar-refractivity contribution in [2.75, 3.05) is 13.1 Å². The monoisotopic (exact) mass is 397 g/mol. The van der Waals surface area contributed by atoms with Gasteiger partial charge >= 0.3 is 0 Å². The topological polar surface area (TPSA) is 98.7 Å². The van der Waals surface area contributed by atoms with Gasteiger partial charge in [-0.2, -0.15) is 0 Å². The van der Waals surface area contributed by atoms with Gasteiger partial charge < -0.3 is 15.3 Å². The molecule has 1 aromatic rings. The minimum absolute atomic E-state index is 0. The molecule has 3 amide bonds. The molecule has 0 aromatic heterocycles. The van der Waals surface area contributed by atoms with Crippen LogP contribution in [-0.2, 0) is 21.7 Å². The molecule has 146 valence electrons. The minimum atomic E-state index is -1.58. The van der Waals surface area contributed by atoms with Crippen molar-refractivity contribution in [3.05, 3.63) is 34.9 Å². The van der Waals surface area contributed by atoms with Crippen LogP contribution >= 0.6 is 12.4 Å². The van der Waals surface area contributed by atoms with Crippen molar-refractivity contribution in [3.8, 4) is 0 Å². The third kappa shape index (κ3) is 3.22. The summed E-state index contributed by atoms with van der Waals surface area (Å²) in [4.78, 5) is 37.5. The Morgan fingerprint density at radius 1 is 1.26 bits per heavy atom. The van der Waals surface area contributed by atoms with Crippen molar-refractivity contribution in [1.29, 1.82) is 0 Å². The summed E-state index contributed by atoms with van der Waals surface area (Å²) in [6.45, 7) is 0.795. The van der Waals surface area contributed by atoms with Crippen LogP contribution in [0, 0.1) is 0 Å². The average molecular weight is 398 g/mol. The predicted octanol–water partition coefficient (Wildman–Crippen LogP) is 0.388.